The van der Waals surface area contributed by atoms with Crippen LogP contribution in [0.3, 0.4) is 0 Å². The van der Waals surface area contributed by atoms with E-state index >= 15 is 0 Å². The van der Waals surface area contributed by atoms with Crippen LogP contribution in [0.2, 0.25) is 0 Å². The molecule has 33 heavy (non-hydrogen) atoms. The summed E-state index contributed by atoms with van der Waals surface area (Å²) < 4.78 is 8.31. The lowest BCUT2D eigenvalue weighted by Crippen LogP contribution is -2.11. The molecule has 1 unspecified atom stereocenters. The number of nitriles is 2. The quantitative estimate of drug-likeness (QED) is 0.365. The summed E-state index contributed by atoms with van der Waals surface area (Å²) in [6.45, 7) is 2.38. The van der Waals surface area contributed by atoms with Crippen molar-refractivity contribution in [1.82, 2.24) is 9.55 Å². The lowest BCUT2D eigenvalue weighted by Gasteiger charge is -2.21. The molecule has 6 heteroatoms. The number of halogens is 1. The molecule has 4 aromatic rings. The summed E-state index contributed by atoms with van der Waals surface area (Å²) in [5.41, 5.74) is 6.99. The van der Waals surface area contributed by atoms with Crippen LogP contribution in [-0.2, 0) is 18.4 Å². The van der Waals surface area contributed by atoms with Crippen LogP contribution in [0.25, 0.3) is 11.1 Å². The van der Waals surface area contributed by atoms with E-state index in [0.717, 1.165) is 33.5 Å². The molecular formula is C27H23ClN4O. The number of aromatic nitrogens is 2. The van der Waals surface area contributed by atoms with Crippen molar-refractivity contribution >= 4 is 12.4 Å². The zero-order valence-electron chi connectivity index (χ0n) is 18.4. The Bertz CT molecular complexity index is 1350. The lowest BCUT2D eigenvalue weighted by atomic mass is 9.93. The SMILES string of the molecule is Cc1ccccc1-c1cc(C(OCc2cccc(C#N)c2)c2cncn2C)ccc1C#N.Cl. The number of hydrogen-bond donors (Lipinski definition) is 0. The molecule has 164 valence electrons. The van der Waals surface area contributed by atoms with E-state index in [9.17, 15) is 10.5 Å². The van der Waals surface area contributed by atoms with Gasteiger partial charge in [0.05, 0.1) is 48.1 Å². The summed E-state index contributed by atoms with van der Waals surface area (Å²) in [7, 11) is 1.93. The summed E-state index contributed by atoms with van der Waals surface area (Å²) in [5.74, 6) is 0. The predicted octanol–water partition coefficient (Wildman–Crippen LogP) is 5.87. The fourth-order valence-electron chi connectivity index (χ4n) is 3.80. The second-order valence-corrected chi connectivity index (χ2v) is 7.66. The molecule has 0 N–H and O–H groups in total. The van der Waals surface area contributed by atoms with Gasteiger partial charge in [-0.05, 0) is 53.4 Å². The maximum atomic E-state index is 9.71. The van der Waals surface area contributed by atoms with Gasteiger partial charge in [-0.3, -0.25) is 0 Å². The Morgan fingerprint density at radius 2 is 1.79 bits per heavy atom. The molecule has 5 nitrogen and oxygen atoms in total. The molecule has 1 aromatic heterocycles. The van der Waals surface area contributed by atoms with Crippen molar-refractivity contribution in [3.63, 3.8) is 0 Å². The van der Waals surface area contributed by atoms with Gasteiger partial charge < -0.3 is 9.30 Å². The smallest absolute Gasteiger partial charge is 0.124 e. The number of ether oxygens (including phenoxy) is 1. The highest BCUT2D eigenvalue weighted by Gasteiger charge is 2.21. The van der Waals surface area contributed by atoms with Crippen molar-refractivity contribution < 1.29 is 4.74 Å². The summed E-state index contributed by atoms with van der Waals surface area (Å²) in [6, 6.07) is 25.7. The van der Waals surface area contributed by atoms with Gasteiger partial charge in [-0.25, -0.2) is 4.98 Å². The van der Waals surface area contributed by atoms with Gasteiger partial charge in [0, 0.05) is 12.6 Å². The maximum absolute atomic E-state index is 9.71. The minimum atomic E-state index is -0.385. The average molecular weight is 455 g/mol. The average Bonchev–Trinajstić information content (AvgIpc) is 3.25. The maximum Gasteiger partial charge on any atom is 0.124 e. The molecule has 0 aliphatic heterocycles. The largest absolute Gasteiger partial charge is 0.363 e. The second kappa shape index (κ2) is 10.6. The number of hydrogen-bond acceptors (Lipinski definition) is 4. The molecule has 3 aromatic carbocycles. The molecule has 0 amide bonds. The Kier molecular flexibility index (Phi) is 7.64. The van der Waals surface area contributed by atoms with E-state index in [1.54, 1.807) is 18.6 Å². The van der Waals surface area contributed by atoms with Crippen LogP contribution in [-0.4, -0.2) is 9.55 Å². The Morgan fingerprint density at radius 3 is 2.48 bits per heavy atom. The molecule has 0 bridgehead atoms. The first-order valence-corrected chi connectivity index (χ1v) is 10.3. The first-order chi connectivity index (χ1) is 15.6. The van der Waals surface area contributed by atoms with E-state index in [-0.39, 0.29) is 18.5 Å². The van der Waals surface area contributed by atoms with Crippen molar-refractivity contribution in [3.8, 4) is 23.3 Å². The highest BCUT2D eigenvalue weighted by Crippen LogP contribution is 2.33. The van der Waals surface area contributed by atoms with Crippen LogP contribution < -0.4 is 0 Å². The van der Waals surface area contributed by atoms with Crippen molar-refractivity contribution in [1.29, 1.82) is 10.5 Å². The second-order valence-electron chi connectivity index (χ2n) is 7.66. The number of imidazole rings is 1. The molecule has 0 aliphatic carbocycles. The monoisotopic (exact) mass is 454 g/mol. The Morgan fingerprint density at radius 1 is 0.970 bits per heavy atom. The van der Waals surface area contributed by atoms with Crippen molar-refractivity contribution in [2.45, 2.75) is 19.6 Å². The van der Waals surface area contributed by atoms with Crippen LogP contribution in [0.4, 0.5) is 0 Å². The minimum Gasteiger partial charge on any atom is -0.363 e. The third-order valence-corrected chi connectivity index (χ3v) is 5.50. The van der Waals surface area contributed by atoms with Gasteiger partial charge in [-0.15, -0.1) is 12.4 Å². The van der Waals surface area contributed by atoms with Gasteiger partial charge in [-0.2, -0.15) is 10.5 Å². The van der Waals surface area contributed by atoms with Gasteiger partial charge in [0.15, 0.2) is 0 Å². The van der Waals surface area contributed by atoms with Crippen LogP contribution >= 0.6 is 12.4 Å². The summed E-state index contributed by atoms with van der Waals surface area (Å²) in [4.78, 5) is 4.27. The standard InChI is InChI=1S/C27H22N4O.ClH/c1-19-6-3-4-9-24(19)25-13-22(10-11-23(25)15-29)27(26-16-30-18-31(26)2)32-17-21-8-5-7-20(12-21)14-28;/h3-13,16,18,27H,17H2,1-2H3;1H. The van der Waals surface area contributed by atoms with Gasteiger partial charge in [0.1, 0.15) is 6.10 Å². The Labute approximate surface area is 199 Å². The van der Waals surface area contributed by atoms with Gasteiger partial charge in [0.2, 0.25) is 0 Å². The van der Waals surface area contributed by atoms with E-state index in [4.69, 9.17) is 4.74 Å². The highest BCUT2D eigenvalue weighted by atomic mass is 35.5. The lowest BCUT2D eigenvalue weighted by molar-refractivity contribution is 0.0622. The summed E-state index contributed by atoms with van der Waals surface area (Å²) >= 11 is 0. The molecule has 0 fully saturated rings. The fraction of sp³-hybridized carbons (Fsp3) is 0.148. The number of benzene rings is 3. The molecule has 0 saturated heterocycles. The number of nitrogens with zero attached hydrogens (tertiary/aromatic N) is 4. The number of aryl methyl sites for hydroxylation is 2. The topological polar surface area (TPSA) is 74.6 Å². The van der Waals surface area contributed by atoms with E-state index in [2.05, 4.69) is 17.1 Å². The molecule has 0 spiro atoms. The van der Waals surface area contributed by atoms with E-state index in [0.29, 0.717) is 17.7 Å². The zero-order valence-corrected chi connectivity index (χ0v) is 19.2. The predicted molar refractivity (Wildman–Crippen MR) is 130 cm³/mol. The van der Waals surface area contributed by atoms with Gasteiger partial charge in [-0.1, -0.05) is 42.5 Å². The molecule has 1 heterocycles. The third-order valence-electron chi connectivity index (χ3n) is 5.50. The first kappa shape index (κ1) is 23.8. The van der Waals surface area contributed by atoms with Crippen molar-refractivity contribution in [3.05, 3.63) is 113 Å². The molecule has 0 radical (unpaired) electrons. The highest BCUT2D eigenvalue weighted by molar-refractivity contribution is 5.85. The normalized spacial score (nSPS) is 11.2. The van der Waals surface area contributed by atoms with Crippen LogP contribution in [0, 0.1) is 29.6 Å². The number of rotatable bonds is 6. The molecule has 4 rings (SSSR count). The van der Waals surface area contributed by atoms with Gasteiger partial charge >= 0.3 is 0 Å². The Hall–Kier alpha value is -3.90. The molecule has 0 saturated carbocycles. The van der Waals surface area contributed by atoms with Gasteiger partial charge in [0.25, 0.3) is 0 Å². The zero-order chi connectivity index (χ0) is 22.5. The van der Waals surface area contributed by atoms with Crippen molar-refractivity contribution in [2.24, 2.45) is 7.05 Å². The van der Waals surface area contributed by atoms with Crippen LogP contribution in [0.15, 0.2) is 79.3 Å². The summed E-state index contributed by atoms with van der Waals surface area (Å²) in [5, 5.41) is 18.9. The fourth-order valence-corrected chi connectivity index (χ4v) is 3.80. The third kappa shape index (κ3) is 5.13. The van der Waals surface area contributed by atoms with Crippen LogP contribution in [0.5, 0.6) is 0 Å². The molecular weight excluding hydrogens is 432 g/mol. The first-order valence-electron chi connectivity index (χ1n) is 10.3. The summed E-state index contributed by atoms with van der Waals surface area (Å²) in [6.07, 6.45) is 3.15. The molecule has 1 atom stereocenters. The van der Waals surface area contributed by atoms with E-state index in [1.165, 1.54) is 0 Å². The van der Waals surface area contributed by atoms with Crippen molar-refractivity contribution in [2.75, 3.05) is 0 Å². The Balaban J connectivity index is 0.00000306. The van der Waals surface area contributed by atoms with E-state index < -0.39 is 0 Å². The molecule has 0 aliphatic rings. The van der Waals surface area contributed by atoms with E-state index in [1.807, 2.05) is 79.2 Å². The minimum absolute atomic E-state index is 0. The van der Waals surface area contributed by atoms with Crippen LogP contribution in [0.1, 0.15) is 39.6 Å².